The van der Waals surface area contributed by atoms with Gasteiger partial charge in [0, 0.05) is 0 Å². The number of fused-ring (bicyclic) bond motifs is 1. The van der Waals surface area contributed by atoms with Crippen molar-refractivity contribution in [1.29, 1.82) is 0 Å². The van der Waals surface area contributed by atoms with Crippen molar-refractivity contribution < 1.29 is 33.5 Å². The monoisotopic (exact) mass is 520 g/mol. The number of aliphatic hydroxyl groups excluding tert-OH is 1. The van der Waals surface area contributed by atoms with Crippen LogP contribution in [-0.4, -0.2) is 54.6 Å². The molecule has 0 unspecified atom stereocenters. The Hall–Kier alpha value is -2.78. The number of hydrogen-bond donors (Lipinski definition) is 1. The average Bonchev–Trinajstić information content (AvgIpc) is 3.26. The molecule has 6 atom stereocenters. The highest BCUT2D eigenvalue weighted by Gasteiger charge is 2.59. The standard InChI is InChI=1S/C31H36O7/c1-31(2)37-29-27(35-19-22-12-8-5-9-13-22)25(32)26(34-18-21-10-6-4-7-11-21)28(30(29)38-31)36-20-23-14-16-24(33-3)17-15-23/h4-17,25-30,32H,18-20H2,1-3H3/t25-,26+,27+,28+,29-,30-/m0/s1. The first-order valence-corrected chi connectivity index (χ1v) is 13.0. The van der Waals surface area contributed by atoms with Crippen LogP contribution in [0.25, 0.3) is 0 Å². The van der Waals surface area contributed by atoms with Crippen LogP contribution in [0.2, 0.25) is 0 Å². The van der Waals surface area contributed by atoms with Crippen LogP contribution in [0, 0.1) is 0 Å². The predicted octanol–water partition coefficient (Wildman–Crippen LogP) is 4.65. The summed E-state index contributed by atoms with van der Waals surface area (Å²) >= 11 is 0. The van der Waals surface area contributed by atoms with Gasteiger partial charge in [-0.15, -0.1) is 0 Å². The SMILES string of the molecule is COc1ccc(CO[C@H]2[C@@H]3OC(C)(C)O[C@H]3[C@H](OCc3ccccc3)[C@@H](O)[C@H]2OCc2ccccc2)cc1. The molecule has 1 aliphatic carbocycles. The first-order chi connectivity index (χ1) is 18.4. The van der Waals surface area contributed by atoms with Crippen molar-refractivity contribution in [2.45, 2.75) is 76.1 Å². The lowest BCUT2D eigenvalue weighted by atomic mass is 9.84. The van der Waals surface area contributed by atoms with E-state index >= 15 is 0 Å². The van der Waals surface area contributed by atoms with Gasteiger partial charge in [-0.25, -0.2) is 0 Å². The van der Waals surface area contributed by atoms with Crippen LogP contribution in [0.5, 0.6) is 5.75 Å². The summed E-state index contributed by atoms with van der Waals surface area (Å²) in [5, 5.41) is 11.7. The zero-order valence-corrected chi connectivity index (χ0v) is 22.1. The van der Waals surface area contributed by atoms with E-state index < -0.39 is 42.4 Å². The van der Waals surface area contributed by atoms with Crippen LogP contribution in [0.3, 0.4) is 0 Å². The molecule has 1 saturated heterocycles. The summed E-state index contributed by atoms with van der Waals surface area (Å²) < 4.78 is 37.0. The maximum absolute atomic E-state index is 11.7. The third kappa shape index (κ3) is 6.26. The summed E-state index contributed by atoms with van der Waals surface area (Å²) in [7, 11) is 1.64. The molecule has 7 heteroatoms. The molecular weight excluding hydrogens is 484 g/mol. The molecule has 5 rings (SSSR count). The van der Waals surface area contributed by atoms with Gasteiger partial charge in [0.2, 0.25) is 0 Å². The predicted molar refractivity (Wildman–Crippen MR) is 141 cm³/mol. The topological polar surface area (TPSA) is 75.6 Å². The number of benzene rings is 3. The summed E-state index contributed by atoms with van der Waals surface area (Å²) in [4.78, 5) is 0. The Kier molecular flexibility index (Phi) is 8.43. The van der Waals surface area contributed by atoms with Gasteiger partial charge in [0.25, 0.3) is 0 Å². The van der Waals surface area contributed by atoms with Gasteiger partial charge >= 0.3 is 0 Å². The Labute approximate surface area is 224 Å². The second-order valence-corrected chi connectivity index (χ2v) is 10.2. The molecular formula is C31H36O7. The van der Waals surface area contributed by atoms with Crippen LogP contribution in [0.15, 0.2) is 84.9 Å². The minimum atomic E-state index is -0.998. The summed E-state index contributed by atoms with van der Waals surface area (Å²) in [6, 6.07) is 27.5. The number of methoxy groups -OCH3 is 1. The van der Waals surface area contributed by atoms with Gasteiger partial charge in [-0.05, 0) is 42.7 Å². The second-order valence-electron chi connectivity index (χ2n) is 10.2. The van der Waals surface area contributed by atoms with Crippen molar-refractivity contribution in [2.75, 3.05) is 7.11 Å². The second kappa shape index (κ2) is 11.9. The summed E-state index contributed by atoms with van der Waals surface area (Å²) in [5.41, 5.74) is 2.98. The first kappa shape index (κ1) is 26.8. The van der Waals surface area contributed by atoms with E-state index in [-0.39, 0.29) is 0 Å². The number of aliphatic hydroxyl groups is 1. The highest BCUT2D eigenvalue weighted by molar-refractivity contribution is 5.26. The molecule has 0 aromatic heterocycles. The fraction of sp³-hybridized carbons (Fsp3) is 0.419. The van der Waals surface area contributed by atoms with E-state index in [1.54, 1.807) is 7.11 Å². The quantitative estimate of drug-likeness (QED) is 0.417. The summed E-state index contributed by atoms with van der Waals surface area (Å²) in [5.74, 6) is -0.0851. The lowest BCUT2D eigenvalue weighted by molar-refractivity contribution is -0.238. The molecule has 3 aromatic carbocycles. The van der Waals surface area contributed by atoms with Crippen LogP contribution in [-0.2, 0) is 43.5 Å². The zero-order chi connectivity index (χ0) is 26.5. The molecule has 38 heavy (non-hydrogen) atoms. The van der Waals surface area contributed by atoms with E-state index in [0.29, 0.717) is 19.8 Å². The number of ether oxygens (including phenoxy) is 6. The highest BCUT2D eigenvalue weighted by Crippen LogP contribution is 2.41. The molecule has 2 aliphatic rings. The largest absolute Gasteiger partial charge is 0.497 e. The van der Waals surface area contributed by atoms with Gasteiger partial charge in [-0.2, -0.15) is 0 Å². The lowest BCUT2D eigenvalue weighted by Crippen LogP contribution is -2.64. The summed E-state index contributed by atoms with van der Waals surface area (Å²) in [6.07, 6.45) is -3.97. The first-order valence-electron chi connectivity index (χ1n) is 13.0. The van der Waals surface area contributed by atoms with Crippen molar-refractivity contribution >= 4 is 0 Å². The Morgan fingerprint density at radius 1 is 0.632 bits per heavy atom. The molecule has 3 aromatic rings. The Bertz CT molecular complexity index is 1140. The average molecular weight is 521 g/mol. The van der Waals surface area contributed by atoms with Crippen LogP contribution >= 0.6 is 0 Å². The zero-order valence-electron chi connectivity index (χ0n) is 22.1. The fourth-order valence-electron chi connectivity index (χ4n) is 5.11. The molecule has 1 heterocycles. The fourth-order valence-corrected chi connectivity index (χ4v) is 5.11. The molecule has 0 amide bonds. The van der Waals surface area contributed by atoms with Gasteiger partial charge in [-0.3, -0.25) is 0 Å². The maximum Gasteiger partial charge on any atom is 0.164 e. The van der Waals surface area contributed by atoms with E-state index in [1.807, 2.05) is 98.8 Å². The van der Waals surface area contributed by atoms with Crippen LogP contribution in [0.4, 0.5) is 0 Å². The van der Waals surface area contributed by atoms with Crippen molar-refractivity contribution in [2.24, 2.45) is 0 Å². The highest BCUT2D eigenvalue weighted by atomic mass is 16.8. The smallest absolute Gasteiger partial charge is 0.164 e. The van der Waals surface area contributed by atoms with E-state index in [9.17, 15) is 5.11 Å². The van der Waals surface area contributed by atoms with Crippen molar-refractivity contribution in [3.05, 3.63) is 102 Å². The molecule has 0 radical (unpaired) electrons. The minimum Gasteiger partial charge on any atom is -0.497 e. The van der Waals surface area contributed by atoms with Gasteiger partial charge in [-0.1, -0.05) is 72.8 Å². The minimum absolute atomic E-state index is 0.315. The Morgan fingerprint density at radius 3 is 1.61 bits per heavy atom. The van der Waals surface area contributed by atoms with Crippen molar-refractivity contribution in [1.82, 2.24) is 0 Å². The molecule has 202 valence electrons. The lowest BCUT2D eigenvalue weighted by Gasteiger charge is -2.44. The Morgan fingerprint density at radius 2 is 1.08 bits per heavy atom. The molecule has 1 saturated carbocycles. The third-order valence-electron chi connectivity index (χ3n) is 6.98. The molecule has 1 N–H and O–H groups in total. The van der Waals surface area contributed by atoms with Crippen LogP contribution in [0.1, 0.15) is 30.5 Å². The normalized spacial score (nSPS) is 28.1. The molecule has 2 fully saturated rings. The number of rotatable bonds is 10. The van der Waals surface area contributed by atoms with Crippen molar-refractivity contribution in [3.63, 3.8) is 0 Å². The summed E-state index contributed by atoms with van der Waals surface area (Å²) in [6.45, 7) is 4.70. The van der Waals surface area contributed by atoms with Gasteiger partial charge in [0.1, 0.15) is 42.4 Å². The van der Waals surface area contributed by atoms with E-state index in [2.05, 4.69) is 0 Å². The molecule has 0 bridgehead atoms. The molecule has 1 aliphatic heterocycles. The maximum atomic E-state index is 11.7. The van der Waals surface area contributed by atoms with Gasteiger partial charge in [0.05, 0.1) is 26.9 Å². The molecule has 0 spiro atoms. The van der Waals surface area contributed by atoms with E-state index in [0.717, 1.165) is 22.4 Å². The number of hydrogen-bond acceptors (Lipinski definition) is 7. The molecule has 7 nitrogen and oxygen atoms in total. The van der Waals surface area contributed by atoms with Gasteiger partial charge in [0.15, 0.2) is 5.79 Å². The third-order valence-corrected chi connectivity index (χ3v) is 6.98. The van der Waals surface area contributed by atoms with E-state index in [4.69, 9.17) is 28.4 Å². The van der Waals surface area contributed by atoms with E-state index in [1.165, 1.54) is 0 Å². The Balaban J connectivity index is 1.39. The van der Waals surface area contributed by atoms with Gasteiger partial charge < -0.3 is 33.5 Å². The van der Waals surface area contributed by atoms with Crippen molar-refractivity contribution in [3.8, 4) is 5.75 Å². The van der Waals surface area contributed by atoms with Crippen LogP contribution < -0.4 is 4.74 Å².